The molecule has 2 amide bonds. The summed E-state index contributed by atoms with van der Waals surface area (Å²) in [5, 5.41) is 6.52. The maximum atomic E-state index is 13.3. The van der Waals surface area contributed by atoms with Gasteiger partial charge in [0.25, 0.3) is 0 Å². The summed E-state index contributed by atoms with van der Waals surface area (Å²) in [4.78, 5) is 27.0. The van der Waals surface area contributed by atoms with Gasteiger partial charge in [-0.05, 0) is 87.7 Å². The third-order valence-corrected chi connectivity index (χ3v) is 7.91. The summed E-state index contributed by atoms with van der Waals surface area (Å²) in [5.41, 5.74) is 1.87. The van der Waals surface area contributed by atoms with Gasteiger partial charge in [0.15, 0.2) is 0 Å². The summed E-state index contributed by atoms with van der Waals surface area (Å²) in [7, 11) is 0. The Balaban J connectivity index is 1.31. The third-order valence-electron chi connectivity index (χ3n) is 7.91. The molecular formula is C23H31N3O2. The Morgan fingerprint density at radius 3 is 2.36 bits per heavy atom. The highest BCUT2D eigenvalue weighted by atomic mass is 16.2. The monoisotopic (exact) mass is 381 g/mol. The fourth-order valence-electron chi connectivity index (χ4n) is 6.99. The van der Waals surface area contributed by atoms with E-state index in [2.05, 4.69) is 17.6 Å². The average Bonchev–Trinajstić information content (AvgIpc) is 2.65. The molecule has 0 unspecified atom stereocenters. The minimum atomic E-state index is -0.304. The van der Waals surface area contributed by atoms with Gasteiger partial charge in [-0.25, -0.2) is 0 Å². The molecule has 5 aliphatic rings. The van der Waals surface area contributed by atoms with Crippen LogP contribution in [0.15, 0.2) is 24.3 Å². The third kappa shape index (κ3) is 2.95. The SMILES string of the molecule is C[C@H](N[C@H](C)C(=O)N1CC(=O)Nc2ccccc21)C12CC3CC(CC(C3)C1)C2. The Bertz CT molecular complexity index is 770. The van der Waals surface area contributed by atoms with Crippen molar-refractivity contribution in [3.63, 3.8) is 0 Å². The number of carbonyl (C=O) groups is 2. The first-order valence-corrected chi connectivity index (χ1v) is 10.9. The first-order valence-electron chi connectivity index (χ1n) is 10.9. The minimum absolute atomic E-state index is 0.0149. The normalized spacial score (nSPS) is 35.3. The summed E-state index contributed by atoms with van der Waals surface area (Å²) in [6, 6.07) is 7.57. The van der Waals surface area contributed by atoms with Crippen LogP contribution in [0, 0.1) is 23.2 Å². The summed E-state index contributed by atoms with van der Waals surface area (Å²) in [6.07, 6.45) is 8.26. The molecule has 0 saturated heterocycles. The molecule has 6 rings (SSSR count). The van der Waals surface area contributed by atoms with Crippen LogP contribution in [0.2, 0.25) is 0 Å². The van der Waals surface area contributed by atoms with E-state index < -0.39 is 0 Å². The number of hydrogen-bond acceptors (Lipinski definition) is 3. The Morgan fingerprint density at radius 1 is 1.11 bits per heavy atom. The van der Waals surface area contributed by atoms with Crippen LogP contribution in [0.25, 0.3) is 0 Å². The molecule has 0 spiro atoms. The zero-order chi connectivity index (χ0) is 19.5. The molecule has 0 radical (unpaired) electrons. The van der Waals surface area contributed by atoms with Crippen molar-refractivity contribution < 1.29 is 9.59 Å². The van der Waals surface area contributed by atoms with Crippen molar-refractivity contribution in [2.45, 2.75) is 64.5 Å². The molecule has 2 N–H and O–H groups in total. The lowest BCUT2D eigenvalue weighted by Crippen LogP contribution is -2.59. The van der Waals surface area contributed by atoms with Crippen LogP contribution in [0.3, 0.4) is 0 Å². The first kappa shape index (κ1) is 18.2. The molecule has 1 aromatic carbocycles. The summed E-state index contributed by atoms with van der Waals surface area (Å²) < 4.78 is 0. The second-order valence-electron chi connectivity index (χ2n) is 9.88. The van der Waals surface area contributed by atoms with Gasteiger partial charge in [-0.2, -0.15) is 0 Å². The zero-order valence-electron chi connectivity index (χ0n) is 16.9. The van der Waals surface area contributed by atoms with E-state index in [4.69, 9.17) is 0 Å². The van der Waals surface area contributed by atoms with E-state index in [1.54, 1.807) is 4.90 Å². The van der Waals surface area contributed by atoms with Gasteiger partial charge >= 0.3 is 0 Å². The number of fused-ring (bicyclic) bond motifs is 1. The summed E-state index contributed by atoms with van der Waals surface area (Å²) >= 11 is 0. The number of nitrogens with zero attached hydrogens (tertiary/aromatic N) is 1. The van der Waals surface area contributed by atoms with E-state index in [0.717, 1.165) is 23.4 Å². The number of anilines is 2. The maximum Gasteiger partial charge on any atom is 0.244 e. The van der Waals surface area contributed by atoms with Crippen molar-refractivity contribution in [3.05, 3.63) is 24.3 Å². The van der Waals surface area contributed by atoms with Gasteiger partial charge in [-0.15, -0.1) is 0 Å². The van der Waals surface area contributed by atoms with Crippen molar-refractivity contribution in [2.24, 2.45) is 23.2 Å². The Labute approximate surface area is 167 Å². The van der Waals surface area contributed by atoms with E-state index in [9.17, 15) is 9.59 Å². The Kier molecular flexibility index (Phi) is 4.27. The molecule has 0 aromatic heterocycles. The van der Waals surface area contributed by atoms with Gasteiger partial charge in [0.1, 0.15) is 6.54 Å². The topological polar surface area (TPSA) is 61.4 Å². The molecule has 4 bridgehead atoms. The van der Waals surface area contributed by atoms with E-state index in [-0.39, 0.29) is 24.4 Å². The molecule has 1 heterocycles. The summed E-state index contributed by atoms with van der Waals surface area (Å²) in [5.74, 6) is 2.56. The highest BCUT2D eigenvalue weighted by Gasteiger charge is 2.53. The van der Waals surface area contributed by atoms with Crippen molar-refractivity contribution >= 4 is 23.2 Å². The molecule has 28 heavy (non-hydrogen) atoms. The van der Waals surface area contributed by atoms with Crippen LogP contribution in [0.5, 0.6) is 0 Å². The van der Waals surface area contributed by atoms with Gasteiger partial charge in [0.2, 0.25) is 11.8 Å². The standard InChI is InChI=1S/C23H31N3O2/c1-14(22(28)26-13-21(27)25-19-5-3-4-6-20(19)26)24-15(2)23-10-16-7-17(11-23)9-18(8-16)12-23/h3-6,14-18,24H,7-13H2,1-2H3,(H,25,27)/t14-,15+,16?,17?,18?,23?/m1/s1. The molecule has 2 atom stereocenters. The predicted octanol–water partition coefficient (Wildman–Crippen LogP) is 3.55. The first-order chi connectivity index (χ1) is 13.4. The maximum absolute atomic E-state index is 13.3. The predicted molar refractivity (Wildman–Crippen MR) is 110 cm³/mol. The molecule has 5 nitrogen and oxygen atoms in total. The largest absolute Gasteiger partial charge is 0.323 e. The van der Waals surface area contributed by atoms with Crippen LogP contribution in [-0.4, -0.2) is 30.4 Å². The highest BCUT2D eigenvalue weighted by Crippen LogP contribution is 2.61. The van der Waals surface area contributed by atoms with E-state index in [1.165, 1.54) is 38.5 Å². The number of carbonyl (C=O) groups excluding carboxylic acids is 2. The van der Waals surface area contributed by atoms with E-state index in [1.807, 2.05) is 31.2 Å². The number of hydrogen-bond donors (Lipinski definition) is 2. The van der Waals surface area contributed by atoms with Gasteiger partial charge in [-0.1, -0.05) is 12.1 Å². The minimum Gasteiger partial charge on any atom is -0.323 e. The molecule has 4 aliphatic carbocycles. The van der Waals surface area contributed by atoms with Crippen molar-refractivity contribution in [1.82, 2.24) is 5.32 Å². The zero-order valence-corrected chi connectivity index (χ0v) is 16.9. The van der Waals surface area contributed by atoms with Gasteiger partial charge in [-0.3, -0.25) is 14.5 Å². The van der Waals surface area contributed by atoms with E-state index >= 15 is 0 Å². The fraction of sp³-hybridized carbons (Fsp3) is 0.652. The molecule has 4 saturated carbocycles. The fourth-order valence-corrected chi connectivity index (χ4v) is 6.99. The van der Waals surface area contributed by atoms with Crippen LogP contribution in [0.4, 0.5) is 11.4 Å². The van der Waals surface area contributed by atoms with Gasteiger partial charge in [0, 0.05) is 6.04 Å². The number of para-hydroxylation sites is 2. The van der Waals surface area contributed by atoms with Crippen molar-refractivity contribution in [2.75, 3.05) is 16.8 Å². The lowest BCUT2D eigenvalue weighted by Gasteiger charge is -2.59. The molecular weight excluding hydrogens is 350 g/mol. The van der Waals surface area contributed by atoms with Gasteiger partial charge < -0.3 is 10.6 Å². The van der Waals surface area contributed by atoms with E-state index in [0.29, 0.717) is 17.1 Å². The summed E-state index contributed by atoms with van der Waals surface area (Å²) in [6.45, 7) is 4.33. The number of benzene rings is 1. The lowest BCUT2D eigenvalue weighted by atomic mass is 9.48. The van der Waals surface area contributed by atoms with Gasteiger partial charge in [0.05, 0.1) is 17.4 Å². The second-order valence-corrected chi connectivity index (χ2v) is 9.88. The number of amides is 2. The lowest BCUT2D eigenvalue weighted by molar-refractivity contribution is -0.124. The quantitative estimate of drug-likeness (QED) is 0.838. The molecule has 1 aromatic rings. The Morgan fingerprint density at radius 2 is 1.71 bits per heavy atom. The van der Waals surface area contributed by atoms with Crippen LogP contribution in [0.1, 0.15) is 52.4 Å². The van der Waals surface area contributed by atoms with Crippen LogP contribution < -0.4 is 15.5 Å². The number of nitrogens with one attached hydrogen (secondary N) is 2. The molecule has 1 aliphatic heterocycles. The highest BCUT2D eigenvalue weighted by molar-refractivity contribution is 6.11. The molecule has 150 valence electrons. The van der Waals surface area contributed by atoms with Crippen molar-refractivity contribution in [1.29, 1.82) is 0 Å². The van der Waals surface area contributed by atoms with Crippen LogP contribution in [-0.2, 0) is 9.59 Å². The molecule has 4 fully saturated rings. The van der Waals surface area contributed by atoms with Crippen LogP contribution >= 0.6 is 0 Å². The number of rotatable bonds is 4. The molecule has 5 heteroatoms. The van der Waals surface area contributed by atoms with Crippen molar-refractivity contribution in [3.8, 4) is 0 Å². The smallest absolute Gasteiger partial charge is 0.244 e. The Hall–Kier alpha value is -1.88. The second kappa shape index (κ2) is 6.58. The average molecular weight is 382 g/mol.